The summed E-state index contributed by atoms with van der Waals surface area (Å²) in [6, 6.07) is 13.4. The Kier molecular flexibility index (Phi) is 7.17. The van der Waals surface area contributed by atoms with Gasteiger partial charge in [-0.15, -0.1) is 0 Å². The predicted octanol–water partition coefficient (Wildman–Crippen LogP) is 3.64. The number of oxime groups is 1. The van der Waals surface area contributed by atoms with E-state index in [4.69, 9.17) is 19.0 Å². The maximum Gasteiger partial charge on any atom is 0.222 e. The molecule has 30 heavy (non-hydrogen) atoms. The van der Waals surface area contributed by atoms with Gasteiger partial charge in [-0.1, -0.05) is 24.2 Å². The topological polar surface area (TPSA) is 69.6 Å². The molecule has 0 spiro atoms. The molecule has 1 aliphatic rings. The maximum absolute atomic E-state index is 12.5. The minimum Gasteiger partial charge on any atom is -0.497 e. The van der Waals surface area contributed by atoms with Crippen LogP contribution in [-0.4, -0.2) is 50.5 Å². The van der Waals surface area contributed by atoms with Crippen molar-refractivity contribution in [2.24, 2.45) is 5.16 Å². The van der Waals surface area contributed by atoms with Crippen LogP contribution in [0.2, 0.25) is 0 Å². The summed E-state index contributed by atoms with van der Waals surface area (Å²) in [7, 11) is 4.84. The fourth-order valence-electron chi connectivity index (χ4n) is 3.43. The molecule has 0 radical (unpaired) electrons. The van der Waals surface area contributed by atoms with Crippen LogP contribution in [0.25, 0.3) is 0 Å². The Balaban J connectivity index is 1.68. The predicted molar refractivity (Wildman–Crippen MR) is 114 cm³/mol. The van der Waals surface area contributed by atoms with Gasteiger partial charge in [-0.25, -0.2) is 0 Å². The summed E-state index contributed by atoms with van der Waals surface area (Å²) in [5.41, 5.74) is 2.75. The van der Waals surface area contributed by atoms with Gasteiger partial charge < -0.3 is 23.9 Å². The average molecular weight is 412 g/mol. The molecule has 1 amide bonds. The molecule has 1 atom stereocenters. The van der Waals surface area contributed by atoms with Crippen molar-refractivity contribution >= 4 is 11.6 Å². The number of hydrogen-bond acceptors (Lipinski definition) is 6. The second-order valence-corrected chi connectivity index (χ2v) is 7.02. The van der Waals surface area contributed by atoms with Gasteiger partial charge in [-0.2, -0.15) is 0 Å². The second kappa shape index (κ2) is 10.0. The van der Waals surface area contributed by atoms with Crippen LogP contribution in [0.15, 0.2) is 47.6 Å². The summed E-state index contributed by atoms with van der Waals surface area (Å²) >= 11 is 0. The van der Waals surface area contributed by atoms with E-state index in [9.17, 15) is 4.79 Å². The van der Waals surface area contributed by atoms with E-state index >= 15 is 0 Å². The molecule has 0 bridgehead atoms. The van der Waals surface area contributed by atoms with Crippen LogP contribution >= 0.6 is 0 Å². The van der Waals surface area contributed by atoms with Crippen molar-refractivity contribution in [2.45, 2.75) is 32.4 Å². The van der Waals surface area contributed by atoms with E-state index in [1.54, 1.807) is 21.3 Å². The summed E-state index contributed by atoms with van der Waals surface area (Å²) in [6.07, 6.45) is 0.843. The first-order valence-electron chi connectivity index (χ1n) is 9.93. The van der Waals surface area contributed by atoms with Crippen molar-refractivity contribution in [1.82, 2.24) is 4.90 Å². The van der Waals surface area contributed by atoms with Gasteiger partial charge in [0.15, 0.2) is 17.6 Å². The van der Waals surface area contributed by atoms with Gasteiger partial charge in [0.05, 0.1) is 33.6 Å². The number of carbonyl (C=O) groups excluding carboxylic acids is 1. The van der Waals surface area contributed by atoms with Crippen LogP contribution in [0.1, 0.15) is 30.9 Å². The lowest BCUT2D eigenvalue weighted by Gasteiger charge is -2.24. The first kappa shape index (κ1) is 21.5. The quantitative estimate of drug-likeness (QED) is 0.629. The van der Waals surface area contributed by atoms with Gasteiger partial charge in [-0.05, 0) is 35.9 Å². The minimum absolute atomic E-state index is 0.0704. The van der Waals surface area contributed by atoms with Crippen LogP contribution < -0.4 is 14.2 Å². The number of nitrogens with zero attached hydrogens (tertiary/aromatic N) is 2. The summed E-state index contributed by atoms with van der Waals surface area (Å²) in [5.74, 6) is 2.14. The number of rotatable bonds is 9. The zero-order chi connectivity index (χ0) is 21.5. The molecule has 3 rings (SSSR count). The third-order valence-corrected chi connectivity index (χ3v) is 5.04. The van der Waals surface area contributed by atoms with Gasteiger partial charge in [0.1, 0.15) is 5.75 Å². The van der Waals surface area contributed by atoms with Crippen LogP contribution in [0.5, 0.6) is 17.2 Å². The lowest BCUT2D eigenvalue weighted by atomic mass is 10.0. The molecule has 0 fully saturated rings. The Morgan fingerprint density at radius 2 is 1.90 bits per heavy atom. The van der Waals surface area contributed by atoms with E-state index < -0.39 is 0 Å². The van der Waals surface area contributed by atoms with Crippen LogP contribution in [-0.2, 0) is 16.2 Å². The van der Waals surface area contributed by atoms with Crippen molar-refractivity contribution in [1.29, 1.82) is 0 Å². The highest BCUT2D eigenvalue weighted by molar-refractivity contribution is 6.01. The number of hydrogen-bond donors (Lipinski definition) is 0. The van der Waals surface area contributed by atoms with E-state index in [0.29, 0.717) is 37.4 Å². The van der Waals surface area contributed by atoms with Crippen LogP contribution in [0.4, 0.5) is 0 Å². The molecular formula is C23H28N2O5. The fraction of sp³-hybridized carbons (Fsp3) is 0.391. The fourth-order valence-corrected chi connectivity index (χ4v) is 3.43. The molecule has 1 heterocycles. The number of methoxy groups -OCH3 is 3. The number of ether oxygens (including phenoxy) is 3. The first-order valence-corrected chi connectivity index (χ1v) is 9.93. The van der Waals surface area contributed by atoms with Crippen molar-refractivity contribution < 1.29 is 23.8 Å². The minimum atomic E-state index is -0.200. The van der Waals surface area contributed by atoms with Gasteiger partial charge in [-0.3, -0.25) is 4.79 Å². The average Bonchev–Trinajstić information content (AvgIpc) is 3.26. The van der Waals surface area contributed by atoms with E-state index in [1.165, 1.54) is 0 Å². The summed E-state index contributed by atoms with van der Waals surface area (Å²) < 4.78 is 16.0. The van der Waals surface area contributed by atoms with E-state index in [-0.39, 0.29) is 12.0 Å². The lowest BCUT2D eigenvalue weighted by Crippen LogP contribution is -2.36. The monoisotopic (exact) mass is 412 g/mol. The molecule has 0 saturated heterocycles. The lowest BCUT2D eigenvalue weighted by molar-refractivity contribution is -0.133. The standard InChI is InChI=1S/C23H28N2O5/c1-5-23(26)25(14-16-7-6-8-18(11-16)27-2)15-19-13-20(24-30-19)17-9-10-21(28-3)22(12-17)29-4/h6-12,19H,5,13-15H2,1-4H3/t19-/m1/s1. The molecule has 2 aromatic carbocycles. The Labute approximate surface area is 177 Å². The molecule has 0 unspecified atom stereocenters. The highest BCUT2D eigenvalue weighted by Crippen LogP contribution is 2.29. The maximum atomic E-state index is 12.5. The highest BCUT2D eigenvalue weighted by Gasteiger charge is 2.27. The third-order valence-electron chi connectivity index (χ3n) is 5.04. The van der Waals surface area contributed by atoms with E-state index in [0.717, 1.165) is 22.6 Å². The summed E-state index contributed by atoms with van der Waals surface area (Å²) in [4.78, 5) is 20.0. The SMILES string of the molecule is CCC(=O)N(Cc1cccc(OC)c1)C[C@H]1CC(c2ccc(OC)c(OC)c2)=NO1. The normalized spacial score (nSPS) is 15.2. The molecule has 2 aromatic rings. The smallest absolute Gasteiger partial charge is 0.222 e. The van der Waals surface area contributed by atoms with Crippen molar-refractivity contribution in [3.8, 4) is 17.2 Å². The molecule has 0 N–H and O–H groups in total. The Morgan fingerprint density at radius 3 is 2.60 bits per heavy atom. The van der Waals surface area contributed by atoms with Crippen LogP contribution in [0.3, 0.4) is 0 Å². The zero-order valence-corrected chi connectivity index (χ0v) is 17.9. The van der Waals surface area contributed by atoms with Gasteiger partial charge in [0.25, 0.3) is 0 Å². The zero-order valence-electron chi connectivity index (χ0n) is 17.9. The Morgan fingerprint density at radius 1 is 1.10 bits per heavy atom. The van der Waals surface area contributed by atoms with Crippen molar-refractivity contribution in [2.75, 3.05) is 27.9 Å². The summed E-state index contributed by atoms with van der Waals surface area (Å²) in [6.45, 7) is 2.82. The molecule has 0 aromatic heterocycles. The molecule has 0 saturated carbocycles. The molecule has 7 heteroatoms. The second-order valence-electron chi connectivity index (χ2n) is 7.02. The van der Waals surface area contributed by atoms with Gasteiger partial charge in [0.2, 0.25) is 5.91 Å². The third kappa shape index (κ3) is 5.03. The molecule has 1 aliphatic heterocycles. The number of benzene rings is 2. The van der Waals surface area contributed by atoms with E-state index in [1.807, 2.05) is 54.3 Å². The molecule has 160 valence electrons. The van der Waals surface area contributed by atoms with Crippen LogP contribution in [0, 0.1) is 0 Å². The van der Waals surface area contributed by atoms with Crippen molar-refractivity contribution in [3.05, 3.63) is 53.6 Å². The largest absolute Gasteiger partial charge is 0.497 e. The first-order chi connectivity index (χ1) is 14.6. The Bertz CT molecular complexity index is 912. The Hall–Kier alpha value is -3.22. The van der Waals surface area contributed by atoms with Crippen molar-refractivity contribution in [3.63, 3.8) is 0 Å². The van der Waals surface area contributed by atoms with Gasteiger partial charge in [0, 0.05) is 24.9 Å². The molecule has 7 nitrogen and oxygen atoms in total. The molecule has 0 aliphatic carbocycles. The van der Waals surface area contributed by atoms with Gasteiger partial charge >= 0.3 is 0 Å². The highest BCUT2D eigenvalue weighted by atomic mass is 16.6. The number of carbonyl (C=O) groups is 1. The van der Waals surface area contributed by atoms with E-state index in [2.05, 4.69) is 5.16 Å². The summed E-state index contributed by atoms with van der Waals surface area (Å²) in [5, 5.41) is 4.25. The number of amides is 1. The molecular weight excluding hydrogens is 384 g/mol.